The van der Waals surface area contributed by atoms with Gasteiger partial charge in [-0.3, -0.25) is 9.36 Å². The Hall–Kier alpha value is -3.62. The number of fused-ring (bicyclic) bond motifs is 1. The number of alkyl halides is 3. The highest BCUT2D eigenvalue weighted by molar-refractivity contribution is 5.78. The van der Waals surface area contributed by atoms with Crippen molar-refractivity contribution in [1.82, 2.24) is 18.7 Å². The monoisotopic (exact) mass is 414 g/mol. The van der Waals surface area contributed by atoms with Crippen molar-refractivity contribution in [2.45, 2.75) is 25.7 Å². The fourth-order valence-electron chi connectivity index (χ4n) is 3.42. The van der Waals surface area contributed by atoms with Crippen LogP contribution in [-0.2, 0) is 19.3 Å². The largest absolute Gasteiger partial charge is 0.416 e. The van der Waals surface area contributed by atoms with Crippen LogP contribution in [0.4, 0.5) is 13.2 Å². The molecule has 30 heavy (non-hydrogen) atoms. The summed E-state index contributed by atoms with van der Waals surface area (Å²) < 4.78 is 43.5. The van der Waals surface area contributed by atoms with Crippen LogP contribution in [0.3, 0.4) is 0 Å². The molecule has 0 unspecified atom stereocenters. The lowest BCUT2D eigenvalue weighted by Gasteiger charge is -2.15. The summed E-state index contributed by atoms with van der Waals surface area (Å²) in [6, 6.07) is 10.8. The van der Waals surface area contributed by atoms with Gasteiger partial charge < -0.3 is 4.57 Å². The van der Waals surface area contributed by atoms with Crippen molar-refractivity contribution in [3.8, 4) is 5.69 Å². The van der Waals surface area contributed by atoms with E-state index in [2.05, 4.69) is 4.98 Å². The van der Waals surface area contributed by atoms with Gasteiger partial charge in [-0.2, -0.15) is 13.2 Å². The predicted octanol–water partition coefficient (Wildman–Crippen LogP) is 3.46. The third kappa shape index (κ3) is 3.66. The lowest BCUT2D eigenvalue weighted by molar-refractivity contribution is -0.137. The molecule has 0 aliphatic rings. The molecule has 0 N–H and O–H groups in total. The topological polar surface area (TPSA) is 61.8 Å². The Bertz CT molecular complexity index is 1300. The van der Waals surface area contributed by atoms with Crippen molar-refractivity contribution in [3.05, 3.63) is 93.7 Å². The zero-order valence-corrected chi connectivity index (χ0v) is 15.7. The Morgan fingerprint density at radius 2 is 1.77 bits per heavy atom. The molecule has 4 aromatic rings. The molecule has 9 heteroatoms. The van der Waals surface area contributed by atoms with Crippen molar-refractivity contribution in [2.75, 3.05) is 0 Å². The van der Waals surface area contributed by atoms with E-state index in [1.807, 2.05) is 4.57 Å². The van der Waals surface area contributed by atoms with Crippen molar-refractivity contribution in [3.63, 3.8) is 0 Å². The molecule has 4 rings (SSSR count). The molecular formula is C21H17F3N4O2. The summed E-state index contributed by atoms with van der Waals surface area (Å²) in [5.74, 6) is 0. The molecule has 0 aliphatic heterocycles. The molecule has 2 heterocycles. The second-order valence-corrected chi connectivity index (χ2v) is 6.79. The molecule has 154 valence electrons. The first-order chi connectivity index (χ1) is 14.4. The van der Waals surface area contributed by atoms with Crippen LogP contribution in [-0.4, -0.2) is 18.7 Å². The molecule has 6 nitrogen and oxygen atoms in total. The van der Waals surface area contributed by atoms with Gasteiger partial charge in [0.2, 0.25) is 0 Å². The number of halogens is 3. The van der Waals surface area contributed by atoms with E-state index in [9.17, 15) is 22.8 Å². The summed E-state index contributed by atoms with van der Waals surface area (Å²) in [5, 5.41) is 0.261. The maximum atomic E-state index is 13.2. The van der Waals surface area contributed by atoms with Crippen molar-refractivity contribution < 1.29 is 13.2 Å². The normalized spacial score (nSPS) is 11.8. The zero-order valence-electron chi connectivity index (χ0n) is 15.7. The number of imidazole rings is 1. The van der Waals surface area contributed by atoms with Gasteiger partial charge >= 0.3 is 11.9 Å². The fourth-order valence-corrected chi connectivity index (χ4v) is 3.42. The minimum Gasteiger partial charge on any atom is -0.337 e. The number of aryl methyl sites for hydroxylation is 2. The molecule has 0 aliphatic carbocycles. The van der Waals surface area contributed by atoms with Gasteiger partial charge in [0, 0.05) is 25.5 Å². The first-order valence-electron chi connectivity index (χ1n) is 9.24. The van der Waals surface area contributed by atoms with Gasteiger partial charge in [-0.15, -0.1) is 0 Å². The fraction of sp³-hybridized carbons (Fsp3) is 0.190. The molecule has 0 radical (unpaired) electrons. The van der Waals surface area contributed by atoms with Crippen LogP contribution in [0.25, 0.3) is 16.6 Å². The second kappa shape index (κ2) is 7.66. The summed E-state index contributed by atoms with van der Waals surface area (Å²) >= 11 is 0. The lowest BCUT2D eigenvalue weighted by Crippen LogP contribution is -2.39. The molecule has 0 fully saturated rings. The standard InChI is InChI=1S/C21H17F3N4O2/c22-21(23,24)15-5-3-6-16(13-15)28-19(29)17-7-1-2-8-18(17)27(20(28)30)11-4-10-26-12-9-25-14-26/h1-3,5-9,12-14H,4,10-11H2. The van der Waals surface area contributed by atoms with Crippen molar-refractivity contribution >= 4 is 10.9 Å². The van der Waals surface area contributed by atoms with Crippen LogP contribution >= 0.6 is 0 Å². The van der Waals surface area contributed by atoms with Gasteiger partial charge in [-0.25, -0.2) is 14.3 Å². The number of rotatable bonds is 5. The van der Waals surface area contributed by atoms with E-state index in [1.165, 1.54) is 16.7 Å². The molecule has 0 saturated carbocycles. The smallest absolute Gasteiger partial charge is 0.337 e. The molecule has 2 aromatic heterocycles. The highest BCUT2D eigenvalue weighted by atomic mass is 19.4. The summed E-state index contributed by atoms with van der Waals surface area (Å²) in [6.07, 6.45) is 1.09. The Labute approximate surface area is 168 Å². The maximum absolute atomic E-state index is 13.2. The quantitative estimate of drug-likeness (QED) is 0.503. The number of nitrogens with zero attached hydrogens (tertiary/aromatic N) is 4. The highest BCUT2D eigenvalue weighted by Gasteiger charge is 2.30. The maximum Gasteiger partial charge on any atom is 0.416 e. The van der Waals surface area contributed by atoms with E-state index in [0.717, 1.165) is 16.7 Å². The van der Waals surface area contributed by atoms with Crippen LogP contribution in [0.15, 0.2) is 76.8 Å². The average molecular weight is 414 g/mol. The minimum atomic E-state index is -4.58. The Morgan fingerprint density at radius 1 is 0.967 bits per heavy atom. The van der Waals surface area contributed by atoms with Gasteiger partial charge in [0.05, 0.1) is 28.5 Å². The van der Waals surface area contributed by atoms with Crippen LogP contribution in [0.5, 0.6) is 0 Å². The first kappa shape index (κ1) is 19.7. The van der Waals surface area contributed by atoms with Gasteiger partial charge in [0.1, 0.15) is 0 Å². The van der Waals surface area contributed by atoms with E-state index < -0.39 is 23.0 Å². The zero-order chi connectivity index (χ0) is 21.3. The SMILES string of the molecule is O=c1c2ccccc2n(CCCn2ccnc2)c(=O)n1-c1cccc(C(F)(F)F)c1. The second-order valence-electron chi connectivity index (χ2n) is 6.79. The van der Waals surface area contributed by atoms with Crippen LogP contribution in [0.1, 0.15) is 12.0 Å². The third-order valence-electron chi connectivity index (χ3n) is 4.84. The minimum absolute atomic E-state index is 0.117. The highest BCUT2D eigenvalue weighted by Crippen LogP contribution is 2.30. The summed E-state index contributed by atoms with van der Waals surface area (Å²) in [5.41, 5.74) is -1.93. The number of benzene rings is 2. The number of hydrogen-bond acceptors (Lipinski definition) is 3. The van der Waals surface area contributed by atoms with E-state index >= 15 is 0 Å². The molecular weight excluding hydrogens is 397 g/mol. The van der Waals surface area contributed by atoms with Gasteiger partial charge in [-0.05, 0) is 36.8 Å². The van der Waals surface area contributed by atoms with Crippen LogP contribution in [0.2, 0.25) is 0 Å². The molecule has 0 bridgehead atoms. The Kier molecular flexibility index (Phi) is 5.03. The predicted molar refractivity (Wildman–Crippen MR) is 106 cm³/mol. The molecule has 0 spiro atoms. The first-order valence-corrected chi connectivity index (χ1v) is 9.24. The van der Waals surface area contributed by atoms with Crippen LogP contribution < -0.4 is 11.2 Å². The summed E-state index contributed by atoms with van der Waals surface area (Å²) in [7, 11) is 0. The van der Waals surface area contributed by atoms with Crippen molar-refractivity contribution in [1.29, 1.82) is 0 Å². The molecule has 2 aromatic carbocycles. The van der Waals surface area contributed by atoms with Gasteiger partial charge in [-0.1, -0.05) is 18.2 Å². The van der Waals surface area contributed by atoms with Crippen LogP contribution in [0, 0.1) is 0 Å². The molecule has 0 amide bonds. The number of para-hydroxylation sites is 1. The molecule has 0 atom stereocenters. The summed E-state index contributed by atoms with van der Waals surface area (Å²) in [6.45, 7) is 0.889. The average Bonchev–Trinajstić information content (AvgIpc) is 3.24. The Balaban J connectivity index is 1.85. The Morgan fingerprint density at radius 3 is 2.50 bits per heavy atom. The number of hydrogen-bond donors (Lipinski definition) is 0. The van der Waals surface area contributed by atoms with E-state index in [1.54, 1.807) is 43.0 Å². The van der Waals surface area contributed by atoms with E-state index in [-0.39, 0.29) is 17.6 Å². The summed E-state index contributed by atoms with van der Waals surface area (Å²) in [4.78, 5) is 30.1. The van der Waals surface area contributed by atoms with Gasteiger partial charge in [0.25, 0.3) is 5.56 Å². The van der Waals surface area contributed by atoms with E-state index in [0.29, 0.717) is 18.5 Å². The number of aromatic nitrogens is 4. The lowest BCUT2D eigenvalue weighted by atomic mass is 10.2. The van der Waals surface area contributed by atoms with Gasteiger partial charge in [0.15, 0.2) is 0 Å². The molecule has 0 saturated heterocycles. The third-order valence-corrected chi connectivity index (χ3v) is 4.84. The van der Waals surface area contributed by atoms with Crippen molar-refractivity contribution in [2.24, 2.45) is 0 Å². The van der Waals surface area contributed by atoms with E-state index in [4.69, 9.17) is 0 Å².